The number of anilines is 1. The molecule has 9 heteroatoms. The zero-order valence-corrected chi connectivity index (χ0v) is 10.7. The van der Waals surface area contributed by atoms with Crippen molar-refractivity contribution in [3.05, 3.63) is 29.0 Å². The van der Waals surface area contributed by atoms with Crippen molar-refractivity contribution in [1.82, 2.24) is 5.32 Å². The molecule has 3 amide bonds. The van der Waals surface area contributed by atoms with Crippen molar-refractivity contribution in [1.29, 1.82) is 0 Å². The maximum absolute atomic E-state index is 12.9. The number of hydrogen-bond acceptors (Lipinski definition) is 4. The largest absolute Gasteiger partial charge is 0.480 e. The Hall–Kier alpha value is -2.19. The highest BCUT2D eigenvalue weighted by atomic mass is 35.5. The Bertz CT molecular complexity index is 538. The van der Waals surface area contributed by atoms with Gasteiger partial charge in [-0.05, 0) is 18.2 Å². The number of carboxylic acid groups (broad SMARTS) is 1. The molecule has 0 aliphatic carbocycles. The van der Waals surface area contributed by atoms with Gasteiger partial charge in [-0.2, -0.15) is 0 Å². The van der Waals surface area contributed by atoms with Crippen LogP contribution >= 0.6 is 11.6 Å². The maximum atomic E-state index is 12.9. The van der Waals surface area contributed by atoms with Gasteiger partial charge < -0.3 is 15.2 Å². The molecule has 0 radical (unpaired) electrons. The minimum Gasteiger partial charge on any atom is -0.480 e. The summed E-state index contributed by atoms with van der Waals surface area (Å²) in [5, 5.41) is 12.2. The number of benzene rings is 1. The highest BCUT2D eigenvalue weighted by Crippen LogP contribution is 2.19. The third kappa shape index (κ3) is 5.63. The van der Waals surface area contributed by atoms with E-state index in [9.17, 15) is 18.8 Å². The number of aliphatic carboxylic acids is 1. The van der Waals surface area contributed by atoms with Crippen LogP contribution in [0.4, 0.5) is 14.9 Å². The zero-order valence-electron chi connectivity index (χ0n) is 9.98. The van der Waals surface area contributed by atoms with Gasteiger partial charge in [0.1, 0.15) is 19.0 Å². The zero-order chi connectivity index (χ0) is 15.1. The minimum atomic E-state index is -1.23. The minimum absolute atomic E-state index is 0.182. The molecule has 0 saturated heterocycles. The molecule has 0 saturated carbocycles. The van der Waals surface area contributed by atoms with E-state index in [1.54, 1.807) is 0 Å². The van der Waals surface area contributed by atoms with Crippen molar-refractivity contribution in [3.63, 3.8) is 0 Å². The van der Waals surface area contributed by atoms with Gasteiger partial charge in [0, 0.05) is 5.69 Å². The van der Waals surface area contributed by atoms with Crippen molar-refractivity contribution in [2.75, 3.05) is 18.5 Å². The lowest BCUT2D eigenvalue weighted by Gasteiger charge is -2.07. The first kappa shape index (κ1) is 15.9. The fourth-order valence-electron chi connectivity index (χ4n) is 1.13. The molecule has 1 aromatic rings. The Balaban J connectivity index is 2.41. The molecule has 1 aromatic carbocycles. The molecular weight excluding hydrogens is 295 g/mol. The number of carbonyl (C=O) groups excluding carboxylic acids is 2. The lowest BCUT2D eigenvalue weighted by atomic mass is 10.3. The van der Waals surface area contributed by atoms with Gasteiger partial charge in [-0.3, -0.25) is 10.1 Å². The predicted molar refractivity (Wildman–Crippen MR) is 67.0 cm³/mol. The number of rotatable bonds is 5. The number of amides is 3. The van der Waals surface area contributed by atoms with Crippen LogP contribution in [0.1, 0.15) is 0 Å². The number of urea groups is 1. The van der Waals surface area contributed by atoms with Crippen LogP contribution in [0.2, 0.25) is 5.02 Å². The third-order valence-electron chi connectivity index (χ3n) is 1.89. The van der Waals surface area contributed by atoms with Gasteiger partial charge in [0.25, 0.3) is 5.91 Å². The van der Waals surface area contributed by atoms with Crippen LogP contribution < -0.4 is 10.6 Å². The van der Waals surface area contributed by atoms with Crippen molar-refractivity contribution in [3.8, 4) is 0 Å². The van der Waals surface area contributed by atoms with Crippen molar-refractivity contribution >= 4 is 35.2 Å². The van der Waals surface area contributed by atoms with Crippen molar-refractivity contribution < 1.29 is 28.6 Å². The number of nitrogens with one attached hydrogen (secondary N) is 2. The SMILES string of the molecule is O=C(O)COCC(=O)NC(=O)Nc1ccc(F)c(Cl)c1. The molecule has 0 aliphatic heterocycles. The first-order valence-corrected chi connectivity index (χ1v) is 5.61. The Labute approximate surface area is 117 Å². The van der Waals surface area contributed by atoms with Crippen LogP contribution in [0.25, 0.3) is 0 Å². The van der Waals surface area contributed by atoms with Crippen LogP contribution in [0.5, 0.6) is 0 Å². The standard InChI is InChI=1S/C11H10ClFN2O5/c12-7-3-6(1-2-8(7)13)14-11(19)15-9(16)4-20-5-10(17)18/h1-3H,4-5H2,(H,17,18)(H2,14,15,16,19). The van der Waals surface area contributed by atoms with Gasteiger partial charge in [-0.15, -0.1) is 0 Å². The van der Waals surface area contributed by atoms with Gasteiger partial charge in [0.2, 0.25) is 0 Å². The van der Waals surface area contributed by atoms with Gasteiger partial charge in [-0.25, -0.2) is 14.0 Å². The topological polar surface area (TPSA) is 105 Å². The second kappa shape index (κ2) is 7.41. The summed E-state index contributed by atoms with van der Waals surface area (Å²) < 4.78 is 17.4. The molecule has 0 atom stereocenters. The fraction of sp³-hybridized carbons (Fsp3) is 0.182. The van der Waals surface area contributed by atoms with E-state index in [4.69, 9.17) is 16.7 Å². The highest BCUT2D eigenvalue weighted by molar-refractivity contribution is 6.31. The van der Waals surface area contributed by atoms with Crippen molar-refractivity contribution in [2.45, 2.75) is 0 Å². The maximum Gasteiger partial charge on any atom is 0.329 e. The molecule has 3 N–H and O–H groups in total. The summed E-state index contributed by atoms with van der Waals surface area (Å²) in [7, 11) is 0. The number of ether oxygens (including phenoxy) is 1. The molecule has 0 aromatic heterocycles. The van der Waals surface area contributed by atoms with Gasteiger partial charge in [0.05, 0.1) is 5.02 Å². The van der Waals surface area contributed by atoms with Gasteiger partial charge in [-0.1, -0.05) is 11.6 Å². The Kier molecular flexibility index (Phi) is 5.88. The molecule has 0 bridgehead atoms. The summed E-state index contributed by atoms with van der Waals surface area (Å²) in [5.74, 6) is -2.70. The molecule has 0 heterocycles. The lowest BCUT2D eigenvalue weighted by Crippen LogP contribution is -2.37. The Morgan fingerprint density at radius 1 is 1.30 bits per heavy atom. The summed E-state index contributed by atoms with van der Waals surface area (Å²) in [6.07, 6.45) is 0. The average Bonchev–Trinajstić information content (AvgIpc) is 2.33. The van der Waals surface area contributed by atoms with E-state index in [1.807, 2.05) is 5.32 Å². The van der Waals surface area contributed by atoms with Crippen LogP contribution in [-0.2, 0) is 14.3 Å². The number of hydrogen-bond donors (Lipinski definition) is 3. The monoisotopic (exact) mass is 304 g/mol. The van der Waals surface area contributed by atoms with E-state index in [0.717, 1.165) is 6.07 Å². The number of carboxylic acids is 1. The molecule has 0 unspecified atom stereocenters. The molecule has 108 valence electrons. The normalized spacial score (nSPS) is 9.90. The molecule has 7 nitrogen and oxygen atoms in total. The lowest BCUT2D eigenvalue weighted by molar-refractivity contribution is -0.143. The number of carbonyl (C=O) groups is 3. The smallest absolute Gasteiger partial charge is 0.329 e. The highest BCUT2D eigenvalue weighted by Gasteiger charge is 2.10. The second-order valence-corrected chi connectivity index (χ2v) is 3.92. The van der Waals surface area contributed by atoms with Gasteiger partial charge >= 0.3 is 12.0 Å². The first-order valence-electron chi connectivity index (χ1n) is 5.24. The van der Waals surface area contributed by atoms with E-state index in [-0.39, 0.29) is 10.7 Å². The number of halogens is 2. The molecular formula is C11H10ClFN2O5. The molecule has 20 heavy (non-hydrogen) atoms. The van der Waals surface area contributed by atoms with Crippen LogP contribution in [0.15, 0.2) is 18.2 Å². The summed E-state index contributed by atoms with van der Waals surface area (Å²) in [6.45, 7) is -1.23. The first-order chi connectivity index (χ1) is 9.38. The van der Waals surface area contributed by atoms with E-state index in [0.29, 0.717) is 0 Å². The van der Waals surface area contributed by atoms with Crippen molar-refractivity contribution in [2.24, 2.45) is 0 Å². The summed E-state index contributed by atoms with van der Waals surface area (Å²) >= 11 is 5.51. The summed E-state index contributed by atoms with van der Waals surface area (Å²) in [4.78, 5) is 32.7. The molecule has 0 fully saturated rings. The molecule has 1 rings (SSSR count). The van der Waals surface area contributed by atoms with Gasteiger partial charge in [0.15, 0.2) is 0 Å². The molecule has 0 spiro atoms. The fourth-order valence-corrected chi connectivity index (χ4v) is 1.31. The van der Waals surface area contributed by atoms with E-state index >= 15 is 0 Å². The van der Waals surface area contributed by atoms with E-state index in [2.05, 4.69) is 10.1 Å². The average molecular weight is 305 g/mol. The predicted octanol–water partition coefficient (Wildman–Crippen LogP) is 1.23. The Morgan fingerprint density at radius 2 is 2.00 bits per heavy atom. The summed E-state index contributed by atoms with van der Waals surface area (Å²) in [5.41, 5.74) is 0.188. The van der Waals surface area contributed by atoms with Crippen LogP contribution in [-0.4, -0.2) is 36.2 Å². The quantitative estimate of drug-likeness (QED) is 0.759. The van der Waals surface area contributed by atoms with Crippen LogP contribution in [0.3, 0.4) is 0 Å². The second-order valence-electron chi connectivity index (χ2n) is 3.52. The number of imide groups is 1. The summed E-state index contributed by atoms with van der Waals surface area (Å²) in [6, 6.07) is 2.60. The Morgan fingerprint density at radius 3 is 2.60 bits per heavy atom. The van der Waals surface area contributed by atoms with Crippen LogP contribution in [0, 0.1) is 5.82 Å². The van der Waals surface area contributed by atoms with E-state index < -0.39 is 36.9 Å². The molecule has 0 aliphatic rings. The third-order valence-corrected chi connectivity index (χ3v) is 2.18. The van der Waals surface area contributed by atoms with E-state index in [1.165, 1.54) is 12.1 Å².